The molecule has 2 amide bonds. The Hall–Kier alpha value is -3.38. The molecule has 3 heterocycles. The summed E-state index contributed by atoms with van der Waals surface area (Å²) in [4.78, 5) is 42.0. The zero-order valence-electron chi connectivity index (χ0n) is 23.4. The summed E-state index contributed by atoms with van der Waals surface area (Å²) < 4.78 is 7.42. The number of carbonyl (C=O) groups excluding carboxylic acids is 3. The number of amides is 2. The normalized spacial score (nSPS) is 20.2. The molecule has 2 saturated heterocycles. The van der Waals surface area contributed by atoms with E-state index < -0.39 is 12.0 Å². The van der Waals surface area contributed by atoms with Gasteiger partial charge in [0, 0.05) is 43.8 Å². The molecule has 210 valence electrons. The summed E-state index contributed by atoms with van der Waals surface area (Å²) in [7, 11) is 0. The van der Waals surface area contributed by atoms with Crippen molar-refractivity contribution in [2.24, 2.45) is 0 Å². The maximum Gasteiger partial charge on any atom is 0.328 e. The number of likely N-dealkylation sites (tertiary alicyclic amines) is 2. The van der Waals surface area contributed by atoms with Crippen LogP contribution in [-0.2, 0) is 32.1 Å². The smallest absolute Gasteiger partial charge is 0.328 e. The molecule has 39 heavy (non-hydrogen) atoms. The Kier molecular flexibility index (Phi) is 9.63. The van der Waals surface area contributed by atoms with Crippen molar-refractivity contribution in [2.75, 3.05) is 26.2 Å². The van der Waals surface area contributed by atoms with E-state index in [1.54, 1.807) is 6.92 Å². The molecule has 9 nitrogen and oxygen atoms in total. The van der Waals surface area contributed by atoms with Gasteiger partial charge in [0.15, 0.2) is 0 Å². The average molecular weight is 536 g/mol. The lowest BCUT2D eigenvalue weighted by atomic mass is 10.1. The molecular weight excluding hydrogens is 494 g/mol. The number of esters is 1. The van der Waals surface area contributed by atoms with Crippen LogP contribution in [0.1, 0.15) is 70.6 Å². The van der Waals surface area contributed by atoms with Crippen molar-refractivity contribution in [2.45, 2.75) is 90.4 Å². The topological polar surface area (TPSA) is 108 Å². The maximum absolute atomic E-state index is 13.8. The zero-order chi connectivity index (χ0) is 27.9. The number of ether oxygens (including phenoxy) is 1. The Morgan fingerprint density at radius 2 is 1.95 bits per heavy atom. The number of carbonyl (C=O) groups is 3. The molecule has 0 aliphatic carbocycles. The molecule has 4 rings (SSSR count). The summed E-state index contributed by atoms with van der Waals surface area (Å²) in [5.74, 6) is -0.505. The molecule has 0 unspecified atom stereocenters. The number of rotatable bonds is 11. The predicted molar refractivity (Wildman–Crippen MR) is 149 cm³/mol. The van der Waals surface area contributed by atoms with Crippen LogP contribution in [0, 0.1) is 11.3 Å². The number of nitrogens with zero attached hydrogens (tertiary/aromatic N) is 4. The lowest BCUT2D eigenvalue weighted by Gasteiger charge is -2.32. The number of nitriles is 1. The molecule has 9 heteroatoms. The van der Waals surface area contributed by atoms with Gasteiger partial charge in [-0.25, -0.2) is 4.79 Å². The van der Waals surface area contributed by atoms with Gasteiger partial charge in [-0.1, -0.05) is 6.07 Å². The van der Waals surface area contributed by atoms with Crippen LogP contribution in [0.3, 0.4) is 0 Å². The third-order valence-corrected chi connectivity index (χ3v) is 8.13. The van der Waals surface area contributed by atoms with E-state index in [1.165, 1.54) is 12.6 Å². The van der Waals surface area contributed by atoms with Gasteiger partial charge in [0.1, 0.15) is 6.04 Å². The van der Waals surface area contributed by atoms with Gasteiger partial charge in [0.05, 0.1) is 24.3 Å². The van der Waals surface area contributed by atoms with Gasteiger partial charge in [-0.15, -0.1) is 0 Å². The van der Waals surface area contributed by atoms with Crippen LogP contribution in [0.2, 0.25) is 0 Å². The van der Waals surface area contributed by atoms with E-state index in [4.69, 9.17) is 4.74 Å². The molecule has 2 aliphatic rings. The fourth-order valence-electron chi connectivity index (χ4n) is 6.30. The summed E-state index contributed by atoms with van der Waals surface area (Å²) in [6.07, 6.45) is 5.99. The number of aryl methyl sites for hydroxylation is 2. The fraction of sp³-hybridized carbons (Fsp3) is 0.600. The molecule has 1 aromatic carbocycles. The van der Waals surface area contributed by atoms with Gasteiger partial charge in [-0.2, -0.15) is 5.26 Å². The van der Waals surface area contributed by atoms with E-state index in [0.29, 0.717) is 18.5 Å². The summed E-state index contributed by atoms with van der Waals surface area (Å²) in [6, 6.07) is 9.62. The maximum atomic E-state index is 13.8. The molecule has 0 bridgehead atoms. The van der Waals surface area contributed by atoms with Gasteiger partial charge in [0.2, 0.25) is 11.8 Å². The summed E-state index contributed by atoms with van der Waals surface area (Å²) in [5, 5.41) is 13.2. The number of aromatic nitrogens is 1. The van der Waals surface area contributed by atoms with Crippen LogP contribution in [-0.4, -0.2) is 76.5 Å². The first-order chi connectivity index (χ1) is 18.9. The standard InChI is InChI=1S/C30H41N5O4/c1-4-34-25(19-23-11-10-22(20-31)18-28(23)34)13-12-24-8-6-16-35(24)29(37)27-9-7-15-33(27)17-14-26(32-21(3)36)30(38)39-5-2/h10-11,18-19,24,26-27H,4-9,12-17H2,1-3H3,(H,32,36)/t24-,26-,27+/m0/s1. The molecule has 0 radical (unpaired) electrons. The molecule has 1 aromatic heterocycles. The van der Waals surface area contributed by atoms with Gasteiger partial charge in [0.25, 0.3) is 0 Å². The monoisotopic (exact) mass is 535 g/mol. The molecule has 1 N–H and O–H groups in total. The molecular formula is C30H41N5O4. The quantitative estimate of drug-likeness (QED) is 0.442. The predicted octanol–water partition coefficient (Wildman–Crippen LogP) is 3.38. The van der Waals surface area contributed by atoms with Crippen LogP contribution in [0.15, 0.2) is 24.3 Å². The molecule has 0 saturated carbocycles. The Balaban J connectivity index is 1.39. The average Bonchev–Trinajstić information content (AvgIpc) is 3.66. The number of benzene rings is 1. The number of hydrogen-bond acceptors (Lipinski definition) is 6. The van der Waals surface area contributed by atoms with Crippen LogP contribution in [0.4, 0.5) is 0 Å². The molecule has 3 atom stereocenters. The second kappa shape index (κ2) is 13.1. The van der Waals surface area contributed by atoms with Crippen LogP contribution < -0.4 is 5.32 Å². The van der Waals surface area contributed by atoms with E-state index in [2.05, 4.69) is 38.7 Å². The van der Waals surface area contributed by atoms with Gasteiger partial charge in [-0.05, 0) is 88.9 Å². The highest BCUT2D eigenvalue weighted by molar-refractivity contribution is 5.84. The van der Waals surface area contributed by atoms with Gasteiger partial charge < -0.3 is 19.5 Å². The Bertz CT molecular complexity index is 1230. The second-order valence-electron chi connectivity index (χ2n) is 10.6. The van der Waals surface area contributed by atoms with Crippen molar-refractivity contribution in [3.63, 3.8) is 0 Å². The molecule has 2 aromatic rings. The number of hydrogen-bond donors (Lipinski definition) is 1. The molecule has 2 aliphatic heterocycles. The minimum absolute atomic E-state index is 0.183. The number of nitrogens with one attached hydrogen (secondary N) is 1. The SMILES string of the molecule is CCOC(=O)[C@H](CCN1CCC[C@@H]1C(=O)N1CCC[C@H]1CCc1cc2ccc(C#N)cc2n1CC)NC(C)=O. The highest BCUT2D eigenvalue weighted by Gasteiger charge is 2.38. The van der Waals surface area contributed by atoms with Gasteiger partial charge in [-0.3, -0.25) is 14.5 Å². The van der Waals surface area contributed by atoms with Crippen molar-refractivity contribution < 1.29 is 19.1 Å². The Morgan fingerprint density at radius 3 is 2.67 bits per heavy atom. The number of fused-ring (bicyclic) bond motifs is 1. The third kappa shape index (κ3) is 6.62. The minimum atomic E-state index is -0.701. The van der Waals surface area contributed by atoms with Crippen molar-refractivity contribution in [1.82, 2.24) is 19.7 Å². The van der Waals surface area contributed by atoms with E-state index in [9.17, 15) is 19.6 Å². The van der Waals surface area contributed by atoms with Crippen molar-refractivity contribution in [3.05, 3.63) is 35.5 Å². The van der Waals surface area contributed by atoms with Crippen LogP contribution >= 0.6 is 0 Å². The van der Waals surface area contributed by atoms with Crippen molar-refractivity contribution in [3.8, 4) is 6.07 Å². The van der Waals surface area contributed by atoms with Gasteiger partial charge >= 0.3 is 5.97 Å². The largest absolute Gasteiger partial charge is 0.464 e. The summed E-state index contributed by atoms with van der Waals surface area (Å²) in [6.45, 7) is 8.52. The lowest BCUT2D eigenvalue weighted by molar-refractivity contribution is -0.147. The molecule has 2 fully saturated rings. The highest BCUT2D eigenvalue weighted by Crippen LogP contribution is 2.29. The van der Waals surface area contributed by atoms with Crippen molar-refractivity contribution >= 4 is 28.7 Å². The van der Waals surface area contributed by atoms with E-state index in [-0.39, 0.29) is 30.5 Å². The zero-order valence-corrected chi connectivity index (χ0v) is 23.4. The summed E-state index contributed by atoms with van der Waals surface area (Å²) in [5.41, 5.74) is 3.00. The van der Waals surface area contributed by atoms with Crippen LogP contribution in [0.25, 0.3) is 10.9 Å². The second-order valence-corrected chi connectivity index (χ2v) is 10.6. The summed E-state index contributed by atoms with van der Waals surface area (Å²) >= 11 is 0. The first-order valence-electron chi connectivity index (χ1n) is 14.4. The first-order valence-corrected chi connectivity index (χ1v) is 14.4. The Labute approximate surface area is 231 Å². The van der Waals surface area contributed by atoms with E-state index in [0.717, 1.165) is 69.1 Å². The fourth-order valence-corrected chi connectivity index (χ4v) is 6.30. The Morgan fingerprint density at radius 1 is 1.15 bits per heavy atom. The third-order valence-electron chi connectivity index (χ3n) is 8.13. The lowest BCUT2D eigenvalue weighted by Crippen LogP contribution is -2.49. The first kappa shape index (κ1) is 28.6. The molecule has 0 spiro atoms. The van der Waals surface area contributed by atoms with Crippen molar-refractivity contribution in [1.29, 1.82) is 5.26 Å². The van der Waals surface area contributed by atoms with Crippen LogP contribution in [0.5, 0.6) is 0 Å². The van der Waals surface area contributed by atoms with E-state index >= 15 is 0 Å². The highest BCUT2D eigenvalue weighted by atomic mass is 16.5. The van der Waals surface area contributed by atoms with E-state index in [1.807, 2.05) is 18.2 Å². The minimum Gasteiger partial charge on any atom is -0.464 e.